The van der Waals surface area contributed by atoms with Crippen molar-refractivity contribution in [1.29, 1.82) is 0 Å². The highest BCUT2D eigenvalue weighted by Gasteiger charge is 2.22. The Balaban J connectivity index is 1.29. The number of pyridine rings is 1. The summed E-state index contributed by atoms with van der Waals surface area (Å²) in [5.74, 6) is 1.67. The Kier molecular flexibility index (Phi) is 5.64. The van der Waals surface area contributed by atoms with E-state index in [9.17, 15) is 9.18 Å². The second-order valence-corrected chi connectivity index (χ2v) is 8.15. The molecule has 2 aliphatic rings. The summed E-state index contributed by atoms with van der Waals surface area (Å²) in [5, 5.41) is 5.90. The highest BCUT2D eigenvalue weighted by atomic mass is 19.1. The Bertz CT molecular complexity index is 1240. The monoisotopic (exact) mass is 445 g/mol. The van der Waals surface area contributed by atoms with Crippen molar-refractivity contribution in [3.63, 3.8) is 0 Å². The molecule has 168 valence electrons. The van der Waals surface area contributed by atoms with Crippen LogP contribution in [0.1, 0.15) is 22.4 Å². The van der Waals surface area contributed by atoms with Gasteiger partial charge in [0.15, 0.2) is 0 Å². The first-order valence-electron chi connectivity index (χ1n) is 10.9. The second-order valence-electron chi connectivity index (χ2n) is 8.15. The van der Waals surface area contributed by atoms with Crippen LogP contribution in [-0.4, -0.2) is 41.4 Å². The van der Waals surface area contributed by atoms with E-state index in [1.54, 1.807) is 29.3 Å². The number of anilines is 1. The molecule has 1 aromatic heterocycles. The third-order valence-corrected chi connectivity index (χ3v) is 5.72. The van der Waals surface area contributed by atoms with Gasteiger partial charge >= 0.3 is 6.03 Å². The number of amidine groups is 1. The number of ether oxygens (including phenoxy) is 1. The quantitative estimate of drug-likeness (QED) is 0.629. The number of aryl methyl sites for hydroxylation is 1. The summed E-state index contributed by atoms with van der Waals surface area (Å²) in [5.41, 5.74) is 4.00. The Morgan fingerprint density at radius 3 is 2.85 bits per heavy atom. The van der Waals surface area contributed by atoms with Gasteiger partial charge in [-0.3, -0.25) is 9.98 Å². The van der Waals surface area contributed by atoms with Gasteiger partial charge < -0.3 is 20.3 Å². The number of nitrogens with one attached hydrogen (secondary N) is 2. The second kappa shape index (κ2) is 8.90. The zero-order valence-corrected chi connectivity index (χ0v) is 18.3. The van der Waals surface area contributed by atoms with E-state index in [-0.39, 0.29) is 11.7 Å². The number of fused-ring (bicyclic) bond motifs is 1. The molecule has 5 rings (SSSR count). The molecule has 0 spiro atoms. The van der Waals surface area contributed by atoms with Crippen LogP contribution in [0.25, 0.3) is 0 Å². The standard InChI is InChI=1S/C25H24FN5O2/c1-16-2-5-21(26)22(12-16)30-25(32)31-11-7-17-3-4-19(13-18(17)15-31)33-20-6-8-27-23(14-20)24-28-9-10-29-24/h2-6,8,12-14H,7,9-11,15H2,1H3,(H,28,29)(H,30,32). The molecule has 2 aliphatic heterocycles. The van der Waals surface area contributed by atoms with Crippen LogP contribution < -0.4 is 15.4 Å². The van der Waals surface area contributed by atoms with E-state index in [0.29, 0.717) is 24.6 Å². The maximum Gasteiger partial charge on any atom is 0.322 e. The van der Waals surface area contributed by atoms with Gasteiger partial charge in [-0.2, -0.15) is 0 Å². The lowest BCUT2D eigenvalue weighted by Crippen LogP contribution is -2.39. The molecular formula is C25H24FN5O2. The Morgan fingerprint density at radius 2 is 2.00 bits per heavy atom. The third-order valence-electron chi connectivity index (χ3n) is 5.72. The van der Waals surface area contributed by atoms with Crippen molar-refractivity contribution in [2.24, 2.45) is 4.99 Å². The molecule has 2 amide bonds. The van der Waals surface area contributed by atoms with Crippen molar-refractivity contribution in [2.75, 3.05) is 25.0 Å². The minimum atomic E-state index is -0.447. The fourth-order valence-electron chi connectivity index (χ4n) is 4.01. The molecule has 33 heavy (non-hydrogen) atoms. The zero-order chi connectivity index (χ0) is 22.8. The van der Waals surface area contributed by atoms with E-state index in [0.717, 1.165) is 42.2 Å². The van der Waals surface area contributed by atoms with Gasteiger partial charge in [-0.05, 0) is 60.4 Å². The Hall–Kier alpha value is -3.94. The first-order valence-corrected chi connectivity index (χ1v) is 10.9. The smallest absolute Gasteiger partial charge is 0.322 e. The minimum Gasteiger partial charge on any atom is -0.457 e. The molecule has 0 radical (unpaired) electrons. The van der Waals surface area contributed by atoms with Crippen molar-refractivity contribution >= 4 is 17.6 Å². The molecular weight excluding hydrogens is 421 g/mol. The van der Waals surface area contributed by atoms with E-state index in [2.05, 4.69) is 20.6 Å². The average Bonchev–Trinajstić information content (AvgIpc) is 3.36. The number of urea groups is 1. The topological polar surface area (TPSA) is 78.9 Å². The van der Waals surface area contributed by atoms with E-state index >= 15 is 0 Å². The highest BCUT2D eigenvalue weighted by molar-refractivity contribution is 5.98. The van der Waals surface area contributed by atoms with E-state index in [1.165, 1.54) is 11.6 Å². The molecule has 0 unspecified atom stereocenters. The summed E-state index contributed by atoms with van der Waals surface area (Å²) in [4.78, 5) is 23.2. The lowest BCUT2D eigenvalue weighted by molar-refractivity contribution is 0.206. The normalized spacial score (nSPS) is 14.8. The number of rotatable bonds is 4. The van der Waals surface area contributed by atoms with Crippen molar-refractivity contribution in [3.05, 3.63) is 82.9 Å². The van der Waals surface area contributed by atoms with Crippen molar-refractivity contribution in [2.45, 2.75) is 19.9 Å². The van der Waals surface area contributed by atoms with Crippen LogP contribution >= 0.6 is 0 Å². The Labute approximate surface area is 191 Å². The molecule has 3 aromatic rings. The minimum absolute atomic E-state index is 0.192. The first kappa shape index (κ1) is 20.9. The lowest BCUT2D eigenvalue weighted by atomic mass is 10.00. The molecule has 0 aliphatic carbocycles. The molecule has 2 aromatic carbocycles. The van der Waals surface area contributed by atoms with Gasteiger partial charge in [0.2, 0.25) is 0 Å². The molecule has 3 heterocycles. The van der Waals surface area contributed by atoms with Crippen molar-refractivity contribution in [3.8, 4) is 11.5 Å². The molecule has 0 saturated heterocycles. The average molecular weight is 445 g/mol. The number of aromatic nitrogens is 1. The summed E-state index contributed by atoms with van der Waals surface area (Å²) >= 11 is 0. The largest absolute Gasteiger partial charge is 0.457 e. The van der Waals surface area contributed by atoms with E-state index in [4.69, 9.17) is 4.74 Å². The van der Waals surface area contributed by atoms with E-state index < -0.39 is 5.82 Å². The summed E-state index contributed by atoms with van der Waals surface area (Å²) in [6.07, 6.45) is 2.42. The summed E-state index contributed by atoms with van der Waals surface area (Å²) in [7, 11) is 0. The first-order chi connectivity index (χ1) is 16.0. The van der Waals surface area contributed by atoms with Gasteiger partial charge in [-0.15, -0.1) is 0 Å². The number of amides is 2. The lowest BCUT2D eigenvalue weighted by Gasteiger charge is -2.29. The van der Waals surface area contributed by atoms with Crippen LogP contribution in [0.4, 0.5) is 14.9 Å². The molecule has 0 bridgehead atoms. The number of carbonyl (C=O) groups is 1. The number of carbonyl (C=O) groups excluding carboxylic acids is 1. The number of hydrogen-bond donors (Lipinski definition) is 2. The molecule has 0 saturated carbocycles. The number of benzene rings is 2. The third kappa shape index (κ3) is 4.64. The van der Waals surface area contributed by atoms with Crippen LogP contribution in [-0.2, 0) is 13.0 Å². The maximum absolute atomic E-state index is 14.1. The number of aliphatic imine (C=N–C) groups is 1. The number of nitrogens with zero attached hydrogens (tertiary/aromatic N) is 3. The molecule has 0 fully saturated rings. The SMILES string of the molecule is Cc1ccc(F)c(NC(=O)N2CCc3ccc(Oc4ccnc(C5=NCCN5)c4)cc3C2)c1. The fraction of sp³-hybridized carbons (Fsp3) is 0.240. The fourth-order valence-corrected chi connectivity index (χ4v) is 4.01. The summed E-state index contributed by atoms with van der Waals surface area (Å²) in [6, 6.07) is 13.9. The predicted octanol–water partition coefficient (Wildman–Crippen LogP) is 4.26. The van der Waals surface area contributed by atoms with Crippen LogP contribution in [0, 0.1) is 12.7 Å². The Morgan fingerprint density at radius 1 is 1.12 bits per heavy atom. The van der Waals surface area contributed by atoms with Crippen LogP contribution in [0.2, 0.25) is 0 Å². The van der Waals surface area contributed by atoms with Crippen molar-refractivity contribution in [1.82, 2.24) is 15.2 Å². The number of halogens is 1. The van der Waals surface area contributed by atoms with Gasteiger partial charge in [-0.25, -0.2) is 9.18 Å². The number of hydrogen-bond acceptors (Lipinski definition) is 5. The van der Waals surface area contributed by atoms with Crippen LogP contribution in [0.15, 0.2) is 59.7 Å². The van der Waals surface area contributed by atoms with Gasteiger partial charge in [0.05, 0.1) is 12.2 Å². The summed E-state index contributed by atoms with van der Waals surface area (Å²) in [6.45, 7) is 4.40. The van der Waals surface area contributed by atoms with Gasteiger partial charge in [-0.1, -0.05) is 12.1 Å². The molecule has 7 nitrogen and oxygen atoms in total. The highest BCUT2D eigenvalue weighted by Crippen LogP contribution is 2.28. The van der Waals surface area contributed by atoms with Crippen LogP contribution in [0.3, 0.4) is 0 Å². The molecule has 8 heteroatoms. The zero-order valence-electron chi connectivity index (χ0n) is 18.3. The van der Waals surface area contributed by atoms with Gasteiger partial charge in [0.25, 0.3) is 0 Å². The van der Waals surface area contributed by atoms with Crippen molar-refractivity contribution < 1.29 is 13.9 Å². The summed E-state index contributed by atoms with van der Waals surface area (Å²) < 4.78 is 20.1. The van der Waals surface area contributed by atoms with Crippen LogP contribution in [0.5, 0.6) is 11.5 Å². The predicted molar refractivity (Wildman–Crippen MR) is 124 cm³/mol. The van der Waals surface area contributed by atoms with Gasteiger partial charge in [0.1, 0.15) is 28.8 Å². The molecule has 2 N–H and O–H groups in total. The van der Waals surface area contributed by atoms with E-state index in [1.807, 2.05) is 31.2 Å². The molecule has 0 atom stereocenters. The van der Waals surface area contributed by atoms with Gasteiger partial charge in [0, 0.05) is 31.9 Å². The maximum atomic E-state index is 14.1.